The number of fused-ring (bicyclic) bond motifs is 1. The Morgan fingerprint density at radius 2 is 1.87 bits per heavy atom. The largest absolute Gasteiger partial charge is 0.489 e. The molecule has 6 heteroatoms. The van der Waals surface area contributed by atoms with Crippen molar-refractivity contribution in [3.8, 4) is 11.4 Å². The van der Waals surface area contributed by atoms with Crippen LogP contribution in [0.15, 0.2) is 77.7 Å². The topological polar surface area (TPSA) is 56.2 Å². The van der Waals surface area contributed by atoms with Crippen molar-refractivity contribution in [1.29, 1.82) is 0 Å². The lowest BCUT2D eigenvalue weighted by Crippen LogP contribution is -2.17. The fraction of sp³-hybridized carbons (Fsp3) is 0.200. The normalized spacial score (nSPS) is 13.5. The zero-order chi connectivity index (χ0) is 21.2. The van der Waals surface area contributed by atoms with Gasteiger partial charge in [-0.3, -0.25) is 14.3 Å². The van der Waals surface area contributed by atoms with Gasteiger partial charge in [-0.1, -0.05) is 29.8 Å². The van der Waals surface area contributed by atoms with E-state index in [-0.39, 0.29) is 5.56 Å². The molecule has 0 spiro atoms. The summed E-state index contributed by atoms with van der Waals surface area (Å²) in [6, 6.07) is 21.4. The molecule has 1 aliphatic carbocycles. The van der Waals surface area contributed by atoms with E-state index in [9.17, 15) is 4.79 Å². The van der Waals surface area contributed by atoms with Crippen molar-refractivity contribution in [2.75, 3.05) is 0 Å². The van der Waals surface area contributed by atoms with Gasteiger partial charge in [-0.2, -0.15) is 0 Å². The number of pyridine rings is 2. The minimum absolute atomic E-state index is 0.147. The molecule has 2 heterocycles. The van der Waals surface area contributed by atoms with E-state index in [4.69, 9.17) is 21.3 Å². The number of nitrogens with zero attached hydrogens (tertiary/aromatic N) is 2. The minimum atomic E-state index is -0.147. The first-order valence-corrected chi connectivity index (χ1v) is 10.8. The Morgan fingerprint density at radius 1 is 1.03 bits per heavy atom. The molecular weight excluding hydrogens is 410 g/mol. The summed E-state index contributed by atoms with van der Waals surface area (Å²) < 4.78 is 7.37. The lowest BCUT2D eigenvalue weighted by Gasteiger charge is -2.10. The van der Waals surface area contributed by atoms with Crippen LogP contribution < -0.4 is 15.6 Å². The second-order valence-electron chi connectivity index (χ2n) is 7.82. The monoisotopic (exact) mass is 431 g/mol. The summed E-state index contributed by atoms with van der Waals surface area (Å²) in [5, 5.41) is 5.17. The number of aromatic nitrogens is 2. The molecule has 2 aromatic heterocycles. The molecule has 4 aromatic rings. The number of nitrogens with one attached hydrogen (secondary N) is 1. The van der Waals surface area contributed by atoms with E-state index >= 15 is 0 Å². The quantitative estimate of drug-likeness (QED) is 0.453. The fourth-order valence-corrected chi connectivity index (χ4v) is 3.58. The third-order valence-electron chi connectivity index (χ3n) is 5.37. The highest BCUT2D eigenvalue weighted by Crippen LogP contribution is 2.21. The van der Waals surface area contributed by atoms with E-state index < -0.39 is 0 Å². The number of ether oxygens (including phenoxy) is 1. The first-order chi connectivity index (χ1) is 15.1. The van der Waals surface area contributed by atoms with Gasteiger partial charge in [0, 0.05) is 40.9 Å². The Hall–Kier alpha value is -3.15. The van der Waals surface area contributed by atoms with Crippen LogP contribution in [-0.4, -0.2) is 15.6 Å². The van der Waals surface area contributed by atoms with Gasteiger partial charge in [0.05, 0.1) is 11.2 Å². The Morgan fingerprint density at radius 3 is 2.65 bits per heavy atom. The fourth-order valence-electron chi connectivity index (χ4n) is 3.45. The lowest BCUT2D eigenvalue weighted by atomic mass is 10.1. The van der Waals surface area contributed by atoms with Crippen molar-refractivity contribution >= 4 is 22.5 Å². The lowest BCUT2D eigenvalue weighted by molar-refractivity contribution is 0.305. The second kappa shape index (κ2) is 8.53. The van der Waals surface area contributed by atoms with Crippen LogP contribution >= 0.6 is 11.6 Å². The molecule has 0 bridgehead atoms. The Kier molecular flexibility index (Phi) is 5.45. The molecule has 5 nitrogen and oxygen atoms in total. The van der Waals surface area contributed by atoms with Gasteiger partial charge < -0.3 is 10.1 Å². The summed E-state index contributed by atoms with van der Waals surface area (Å²) >= 11 is 5.91. The molecule has 1 N–H and O–H groups in total. The number of hydrogen-bond donors (Lipinski definition) is 1. The SMILES string of the molecule is O=c1cc(OCc2ccc(Cl)cc2)ccn1-c1ccc2nc(CNC3CC3)ccc2c1. The molecule has 5 rings (SSSR count). The van der Waals surface area contributed by atoms with Crippen LogP contribution in [0.4, 0.5) is 0 Å². The molecule has 0 aliphatic heterocycles. The van der Waals surface area contributed by atoms with Crippen molar-refractivity contribution in [3.05, 3.63) is 99.6 Å². The van der Waals surface area contributed by atoms with Gasteiger partial charge in [0.2, 0.25) is 0 Å². The predicted molar refractivity (Wildman–Crippen MR) is 123 cm³/mol. The van der Waals surface area contributed by atoms with Crippen LogP contribution in [0, 0.1) is 0 Å². The third kappa shape index (κ3) is 4.79. The highest BCUT2D eigenvalue weighted by molar-refractivity contribution is 6.30. The molecule has 0 radical (unpaired) electrons. The predicted octanol–water partition coefficient (Wildman–Crippen LogP) is 4.87. The van der Waals surface area contributed by atoms with Crippen LogP contribution in [0.3, 0.4) is 0 Å². The van der Waals surface area contributed by atoms with E-state index in [1.807, 2.05) is 48.5 Å². The van der Waals surface area contributed by atoms with Gasteiger partial charge in [-0.15, -0.1) is 0 Å². The zero-order valence-electron chi connectivity index (χ0n) is 16.9. The molecule has 0 amide bonds. The molecule has 1 saturated carbocycles. The van der Waals surface area contributed by atoms with Crippen molar-refractivity contribution in [1.82, 2.24) is 14.9 Å². The number of rotatable bonds is 7. The molecule has 1 aliphatic rings. The maximum atomic E-state index is 12.7. The van der Waals surface area contributed by atoms with Crippen LogP contribution in [0.1, 0.15) is 24.1 Å². The second-order valence-corrected chi connectivity index (χ2v) is 8.26. The van der Waals surface area contributed by atoms with E-state index in [1.54, 1.807) is 16.8 Å². The minimum Gasteiger partial charge on any atom is -0.489 e. The number of benzene rings is 2. The highest BCUT2D eigenvalue weighted by atomic mass is 35.5. The first kappa shape index (κ1) is 19.8. The van der Waals surface area contributed by atoms with Gasteiger partial charge in [0.15, 0.2) is 0 Å². The van der Waals surface area contributed by atoms with E-state index in [1.165, 1.54) is 18.9 Å². The van der Waals surface area contributed by atoms with Crippen LogP contribution in [-0.2, 0) is 13.2 Å². The number of hydrogen-bond acceptors (Lipinski definition) is 4. The van der Waals surface area contributed by atoms with Gasteiger partial charge in [0.25, 0.3) is 5.56 Å². The zero-order valence-corrected chi connectivity index (χ0v) is 17.7. The smallest absolute Gasteiger partial charge is 0.258 e. The first-order valence-electron chi connectivity index (χ1n) is 10.4. The number of halogens is 1. The van der Waals surface area contributed by atoms with Crippen LogP contribution in [0.25, 0.3) is 16.6 Å². The molecule has 31 heavy (non-hydrogen) atoms. The van der Waals surface area contributed by atoms with Crippen molar-refractivity contribution < 1.29 is 4.74 Å². The Labute approximate surface area is 185 Å². The molecule has 156 valence electrons. The van der Waals surface area contributed by atoms with E-state index in [0.29, 0.717) is 23.4 Å². The summed E-state index contributed by atoms with van der Waals surface area (Å²) in [5.41, 5.74) is 3.60. The van der Waals surface area contributed by atoms with Gasteiger partial charge in [-0.25, -0.2) is 0 Å². The summed E-state index contributed by atoms with van der Waals surface area (Å²) in [5.74, 6) is 0.534. The molecule has 0 unspecified atom stereocenters. The van der Waals surface area contributed by atoms with Crippen LogP contribution in [0.2, 0.25) is 5.02 Å². The molecule has 1 fully saturated rings. The van der Waals surface area contributed by atoms with Crippen molar-refractivity contribution in [2.45, 2.75) is 32.0 Å². The van der Waals surface area contributed by atoms with Gasteiger partial charge in [0.1, 0.15) is 12.4 Å². The molecular formula is C25H22ClN3O2. The Bertz CT molecular complexity index is 1280. The van der Waals surface area contributed by atoms with E-state index in [2.05, 4.69) is 11.4 Å². The summed E-state index contributed by atoms with van der Waals surface area (Å²) in [6.07, 6.45) is 4.26. The average Bonchev–Trinajstić information content (AvgIpc) is 3.62. The summed E-state index contributed by atoms with van der Waals surface area (Å²) in [4.78, 5) is 17.4. The standard InChI is InChI=1S/C25H22ClN3O2/c26-19-4-1-17(2-5-19)16-31-23-11-12-29(25(30)14-23)22-9-10-24-18(13-22)3-6-21(28-24)15-27-20-7-8-20/h1-6,9-14,20,27H,7-8,15-16H2. The van der Waals surface area contributed by atoms with Crippen molar-refractivity contribution in [3.63, 3.8) is 0 Å². The highest BCUT2D eigenvalue weighted by Gasteiger charge is 2.20. The van der Waals surface area contributed by atoms with Gasteiger partial charge >= 0.3 is 0 Å². The van der Waals surface area contributed by atoms with Crippen LogP contribution in [0.5, 0.6) is 5.75 Å². The average molecular weight is 432 g/mol. The molecule has 2 aromatic carbocycles. The maximum Gasteiger partial charge on any atom is 0.258 e. The maximum absolute atomic E-state index is 12.7. The summed E-state index contributed by atoms with van der Waals surface area (Å²) in [6.45, 7) is 1.17. The third-order valence-corrected chi connectivity index (χ3v) is 5.62. The molecule has 0 atom stereocenters. The van der Waals surface area contributed by atoms with E-state index in [0.717, 1.165) is 34.4 Å². The Balaban J connectivity index is 1.32. The molecule has 0 saturated heterocycles. The van der Waals surface area contributed by atoms with Gasteiger partial charge in [-0.05, 0) is 60.9 Å². The summed E-state index contributed by atoms with van der Waals surface area (Å²) in [7, 11) is 0. The van der Waals surface area contributed by atoms with Crippen molar-refractivity contribution in [2.24, 2.45) is 0 Å².